The van der Waals surface area contributed by atoms with Gasteiger partial charge in [-0.2, -0.15) is 0 Å². The molecule has 2 rings (SSSR count). The van der Waals surface area contributed by atoms with Crippen LogP contribution in [0.4, 0.5) is 0 Å². The number of nitrogens with zero attached hydrogens (tertiary/aromatic N) is 1. The summed E-state index contributed by atoms with van der Waals surface area (Å²) in [5, 5.41) is 9.47. The molecular weight excluding hydrogens is 374 g/mol. The van der Waals surface area contributed by atoms with Gasteiger partial charge in [0, 0.05) is 16.8 Å². The van der Waals surface area contributed by atoms with Gasteiger partial charge in [-0.3, -0.25) is 9.59 Å². The molecule has 1 fully saturated rings. The third-order valence-electron chi connectivity index (χ3n) is 3.60. The number of carboxylic acids is 1. The van der Waals surface area contributed by atoms with Crippen LogP contribution in [0, 0.1) is 0 Å². The molecule has 0 aromatic heterocycles. The van der Waals surface area contributed by atoms with Crippen molar-refractivity contribution < 1.29 is 23.1 Å². The van der Waals surface area contributed by atoms with Crippen molar-refractivity contribution in [2.45, 2.75) is 18.2 Å². The van der Waals surface area contributed by atoms with Gasteiger partial charge in [-0.05, 0) is 24.1 Å². The Morgan fingerprint density at radius 1 is 1.29 bits per heavy atom. The van der Waals surface area contributed by atoms with Gasteiger partial charge >= 0.3 is 5.97 Å². The fraction of sp³-hybridized carbons (Fsp3) is 0.467. The molecule has 0 bridgehead atoms. The Bertz CT molecular complexity index is 705. The van der Waals surface area contributed by atoms with Gasteiger partial charge in [-0.15, -0.1) is 11.8 Å². The molecule has 1 aliphatic heterocycles. The van der Waals surface area contributed by atoms with Gasteiger partial charge in [0.05, 0.1) is 17.3 Å². The molecule has 1 saturated heterocycles. The molecule has 1 N–H and O–H groups in total. The van der Waals surface area contributed by atoms with E-state index >= 15 is 0 Å². The maximum Gasteiger partial charge on any atom is 0.323 e. The Labute approximate surface area is 150 Å². The highest BCUT2D eigenvalue weighted by atomic mass is 35.5. The molecule has 0 aliphatic carbocycles. The third kappa shape index (κ3) is 5.99. The van der Waals surface area contributed by atoms with E-state index in [-0.39, 0.29) is 35.0 Å². The minimum absolute atomic E-state index is 0.0705. The zero-order chi connectivity index (χ0) is 17.7. The monoisotopic (exact) mass is 391 g/mol. The van der Waals surface area contributed by atoms with Gasteiger partial charge < -0.3 is 10.0 Å². The van der Waals surface area contributed by atoms with Crippen molar-refractivity contribution >= 4 is 45.1 Å². The van der Waals surface area contributed by atoms with E-state index in [1.807, 2.05) is 0 Å². The van der Waals surface area contributed by atoms with Crippen LogP contribution < -0.4 is 0 Å². The summed E-state index contributed by atoms with van der Waals surface area (Å²) in [6.07, 6.45) is 0.538. The lowest BCUT2D eigenvalue weighted by atomic mass is 10.2. The third-order valence-corrected chi connectivity index (χ3v) is 7.12. The van der Waals surface area contributed by atoms with Crippen LogP contribution in [0.2, 0.25) is 5.02 Å². The summed E-state index contributed by atoms with van der Waals surface area (Å²) in [6.45, 7) is -0.225. The Balaban J connectivity index is 1.94. The van der Waals surface area contributed by atoms with Gasteiger partial charge in [0.15, 0.2) is 9.84 Å². The van der Waals surface area contributed by atoms with Crippen molar-refractivity contribution in [3.8, 4) is 0 Å². The topological polar surface area (TPSA) is 91.8 Å². The maximum atomic E-state index is 12.3. The molecular formula is C15H18ClNO5S2. The lowest BCUT2D eigenvalue weighted by molar-refractivity contribution is -0.143. The van der Waals surface area contributed by atoms with Gasteiger partial charge in [0.25, 0.3) is 0 Å². The summed E-state index contributed by atoms with van der Waals surface area (Å²) >= 11 is 7.09. The number of benzene rings is 1. The molecule has 1 atom stereocenters. The molecule has 1 unspecified atom stereocenters. The fourth-order valence-electron chi connectivity index (χ4n) is 2.38. The molecule has 0 radical (unpaired) electrons. The first kappa shape index (κ1) is 19.1. The number of rotatable bonds is 7. The first-order valence-corrected chi connectivity index (χ1v) is 10.6. The first-order chi connectivity index (χ1) is 11.2. The number of sulfone groups is 1. The SMILES string of the molecule is O=C(O)CN(Cc1ccc(Cl)cc1)C(=O)CSC1CCS(=O)(=O)C1. The molecule has 0 saturated carbocycles. The second-order valence-corrected chi connectivity index (χ2v) is 9.56. The molecule has 1 heterocycles. The van der Waals surface area contributed by atoms with E-state index < -0.39 is 22.4 Å². The molecule has 6 nitrogen and oxygen atoms in total. The summed E-state index contributed by atoms with van der Waals surface area (Å²) in [6, 6.07) is 6.83. The number of hydrogen-bond acceptors (Lipinski definition) is 5. The van der Waals surface area contributed by atoms with E-state index in [0.717, 1.165) is 5.56 Å². The van der Waals surface area contributed by atoms with Crippen LogP contribution in [0.3, 0.4) is 0 Å². The average Bonchev–Trinajstić information content (AvgIpc) is 2.85. The predicted octanol–water partition coefficient (Wildman–Crippen LogP) is 1.67. The largest absolute Gasteiger partial charge is 0.480 e. The molecule has 9 heteroatoms. The van der Waals surface area contributed by atoms with Crippen LogP contribution in [0.15, 0.2) is 24.3 Å². The number of carbonyl (C=O) groups is 2. The van der Waals surface area contributed by atoms with E-state index in [2.05, 4.69) is 0 Å². The molecule has 1 aliphatic rings. The van der Waals surface area contributed by atoms with Crippen molar-refractivity contribution in [1.82, 2.24) is 4.90 Å². The normalized spacial score (nSPS) is 19.1. The number of thioether (sulfide) groups is 1. The molecule has 1 aromatic carbocycles. The van der Waals surface area contributed by atoms with Crippen molar-refractivity contribution in [2.75, 3.05) is 23.8 Å². The lowest BCUT2D eigenvalue weighted by Gasteiger charge is -2.21. The summed E-state index contributed by atoms with van der Waals surface area (Å²) in [5.41, 5.74) is 0.780. The van der Waals surface area contributed by atoms with Crippen molar-refractivity contribution in [3.63, 3.8) is 0 Å². The van der Waals surface area contributed by atoms with Gasteiger partial charge in [-0.1, -0.05) is 23.7 Å². The number of hydrogen-bond donors (Lipinski definition) is 1. The quantitative estimate of drug-likeness (QED) is 0.760. The van der Waals surface area contributed by atoms with Crippen LogP contribution in [0.1, 0.15) is 12.0 Å². The van der Waals surface area contributed by atoms with E-state index in [0.29, 0.717) is 11.4 Å². The van der Waals surface area contributed by atoms with Crippen LogP contribution in [0.5, 0.6) is 0 Å². The van der Waals surface area contributed by atoms with Crippen LogP contribution >= 0.6 is 23.4 Å². The zero-order valence-corrected chi connectivity index (χ0v) is 15.2. The minimum Gasteiger partial charge on any atom is -0.480 e. The molecule has 132 valence electrons. The maximum absolute atomic E-state index is 12.3. The van der Waals surface area contributed by atoms with Crippen molar-refractivity contribution in [2.24, 2.45) is 0 Å². The Morgan fingerprint density at radius 2 is 1.96 bits per heavy atom. The summed E-state index contributed by atoms with van der Waals surface area (Å²) in [4.78, 5) is 24.6. The van der Waals surface area contributed by atoms with E-state index in [9.17, 15) is 18.0 Å². The molecule has 0 spiro atoms. The average molecular weight is 392 g/mol. The minimum atomic E-state index is -2.99. The second kappa shape index (κ2) is 8.22. The highest BCUT2D eigenvalue weighted by Crippen LogP contribution is 2.24. The van der Waals surface area contributed by atoms with Crippen LogP contribution in [0.25, 0.3) is 0 Å². The number of amides is 1. The predicted molar refractivity (Wildman–Crippen MR) is 94.0 cm³/mol. The van der Waals surface area contributed by atoms with Crippen LogP contribution in [-0.4, -0.2) is 59.4 Å². The van der Waals surface area contributed by atoms with Gasteiger partial charge in [0.1, 0.15) is 6.54 Å². The fourth-order valence-corrected chi connectivity index (χ4v) is 6.05. The highest BCUT2D eigenvalue weighted by molar-refractivity contribution is 8.02. The van der Waals surface area contributed by atoms with E-state index in [4.69, 9.17) is 16.7 Å². The number of carboxylic acid groups (broad SMARTS) is 1. The zero-order valence-electron chi connectivity index (χ0n) is 12.9. The summed E-state index contributed by atoms with van der Waals surface area (Å²) in [5.74, 6) is -1.10. The van der Waals surface area contributed by atoms with Crippen molar-refractivity contribution in [1.29, 1.82) is 0 Å². The molecule has 1 aromatic rings. The molecule has 24 heavy (non-hydrogen) atoms. The number of halogens is 1. The number of aliphatic carboxylic acids is 1. The van der Waals surface area contributed by atoms with Crippen LogP contribution in [-0.2, 0) is 26.0 Å². The van der Waals surface area contributed by atoms with E-state index in [1.165, 1.54) is 16.7 Å². The van der Waals surface area contributed by atoms with E-state index in [1.54, 1.807) is 24.3 Å². The number of carbonyl (C=O) groups excluding carboxylic acids is 1. The van der Waals surface area contributed by atoms with Crippen molar-refractivity contribution in [3.05, 3.63) is 34.9 Å². The Hall–Kier alpha value is -1.25. The second-order valence-electron chi connectivity index (χ2n) is 5.61. The lowest BCUT2D eigenvalue weighted by Crippen LogP contribution is -2.36. The Morgan fingerprint density at radius 3 is 2.50 bits per heavy atom. The summed E-state index contributed by atoms with van der Waals surface area (Å²) < 4.78 is 22.9. The smallest absolute Gasteiger partial charge is 0.323 e. The summed E-state index contributed by atoms with van der Waals surface area (Å²) in [7, 11) is -2.99. The van der Waals surface area contributed by atoms with Gasteiger partial charge in [0.2, 0.25) is 5.91 Å². The Kier molecular flexibility index (Phi) is 6.54. The molecule has 1 amide bonds. The van der Waals surface area contributed by atoms with Gasteiger partial charge in [-0.25, -0.2) is 8.42 Å². The highest BCUT2D eigenvalue weighted by Gasteiger charge is 2.29. The first-order valence-electron chi connectivity index (χ1n) is 7.31. The standard InChI is InChI=1S/C15H18ClNO5S2/c16-12-3-1-11(2-4-12)7-17(8-15(19)20)14(18)9-23-13-5-6-24(21,22)10-13/h1-4,13H,5-10H2,(H,19,20).